The first-order valence-corrected chi connectivity index (χ1v) is 10.5. The van der Waals surface area contributed by atoms with Gasteiger partial charge >= 0.3 is 0 Å². The number of carbonyl (C=O) groups excluding carboxylic acids is 2. The van der Waals surface area contributed by atoms with E-state index in [1.165, 1.54) is 17.0 Å². The molecule has 6 heteroatoms. The normalized spacial score (nSPS) is 11.6. The maximum Gasteiger partial charge on any atom is 0.261 e. The van der Waals surface area contributed by atoms with E-state index in [0.717, 1.165) is 24.0 Å². The highest BCUT2D eigenvalue weighted by molar-refractivity contribution is 5.88. The molecule has 0 aliphatic rings. The van der Waals surface area contributed by atoms with Crippen LogP contribution in [0.3, 0.4) is 0 Å². The van der Waals surface area contributed by atoms with Gasteiger partial charge in [0.05, 0.1) is 0 Å². The Hall–Kier alpha value is -2.89. The number of amides is 2. The van der Waals surface area contributed by atoms with Crippen LogP contribution in [0.25, 0.3) is 0 Å². The number of hydrogen-bond donors (Lipinski definition) is 1. The molecule has 0 saturated carbocycles. The monoisotopic (exact) mass is 414 g/mol. The van der Waals surface area contributed by atoms with Crippen molar-refractivity contribution in [1.29, 1.82) is 0 Å². The van der Waals surface area contributed by atoms with Gasteiger partial charge in [-0.3, -0.25) is 9.59 Å². The number of aryl methyl sites for hydroxylation is 1. The van der Waals surface area contributed by atoms with Gasteiger partial charge in [-0.25, -0.2) is 4.39 Å². The minimum Gasteiger partial charge on any atom is -0.484 e. The average molecular weight is 415 g/mol. The van der Waals surface area contributed by atoms with Crippen LogP contribution in [-0.2, 0) is 16.1 Å². The maximum atomic E-state index is 13.3. The zero-order valence-corrected chi connectivity index (χ0v) is 18.0. The van der Waals surface area contributed by atoms with Gasteiger partial charge in [-0.15, -0.1) is 0 Å². The van der Waals surface area contributed by atoms with Crippen LogP contribution < -0.4 is 10.1 Å². The zero-order chi connectivity index (χ0) is 21.9. The first-order chi connectivity index (χ1) is 14.4. The largest absolute Gasteiger partial charge is 0.484 e. The number of carbonyl (C=O) groups is 2. The second-order valence-electron chi connectivity index (χ2n) is 7.32. The van der Waals surface area contributed by atoms with E-state index in [1.54, 1.807) is 18.2 Å². The number of nitrogens with zero attached hydrogens (tertiary/aromatic N) is 1. The van der Waals surface area contributed by atoms with Crippen molar-refractivity contribution >= 4 is 11.8 Å². The highest BCUT2D eigenvalue weighted by Gasteiger charge is 2.28. The van der Waals surface area contributed by atoms with Gasteiger partial charge in [-0.05, 0) is 55.2 Å². The second-order valence-corrected chi connectivity index (χ2v) is 7.32. The lowest BCUT2D eigenvalue weighted by molar-refractivity contribution is -0.143. The molecule has 1 N–H and O–H groups in total. The predicted molar refractivity (Wildman–Crippen MR) is 116 cm³/mol. The third-order valence-corrected chi connectivity index (χ3v) is 4.83. The van der Waals surface area contributed by atoms with Gasteiger partial charge in [0.15, 0.2) is 6.61 Å². The van der Waals surface area contributed by atoms with Gasteiger partial charge in [-0.1, -0.05) is 44.5 Å². The summed E-state index contributed by atoms with van der Waals surface area (Å²) in [6.07, 6.45) is 2.32. The molecule has 0 heterocycles. The smallest absolute Gasteiger partial charge is 0.261 e. The zero-order valence-electron chi connectivity index (χ0n) is 18.0. The van der Waals surface area contributed by atoms with Crippen LogP contribution >= 0.6 is 0 Å². The number of rotatable bonds is 11. The molecule has 0 spiro atoms. The van der Waals surface area contributed by atoms with Crippen LogP contribution in [0.1, 0.15) is 44.2 Å². The fourth-order valence-electron chi connectivity index (χ4n) is 3.15. The Balaban J connectivity index is 2.16. The summed E-state index contributed by atoms with van der Waals surface area (Å²) in [6, 6.07) is 12.8. The quantitative estimate of drug-likeness (QED) is 0.560. The summed E-state index contributed by atoms with van der Waals surface area (Å²) in [5.74, 6) is -0.218. The molecule has 2 aromatic rings. The van der Waals surface area contributed by atoms with E-state index in [2.05, 4.69) is 12.2 Å². The molecule has 30 heavy (non-hydrogen) atoms. The lowest BCUT2D eigenvalue weighted by atomic mass is 10.1. The predicted octanol–water partition coefficient (Wildman–Crippen LogP) is 4.24. The van der Waals surface area contributed by atoms with E-state index in [9.17, 15) is 14.0 Å². The van der Waals surface area contributed by atoms with Crippen LogP contribution in [0.4, 0.5) is 4.39 Å². The third-order valence-electron chi connectivity index (χ3n) is 4.83. The Morgan fingerprint density at radius 2 is 1.87 bits per heavy atom. The molecule has 0 radical (unpaired) electrons. The summed E-state index contributed by atoms with van der Waals surface area (Å²) in [5.41, 5.74) is 1.78. The lowest BCUT2D eigenvalue weighted by Gasteiger charge is -2.30. The van der Waals surface area contributed by atoms with Crippen LogP contribution in [0.15, 0.2) is 48.5 Å². The van der Waals surface area contributed by atoms with Gasteiger partial charge in [0.2, 0.25) is 5.91 Å². The molecule has 0 bridgehead atoms. The molecular formula is C24H31FN2O3. The highest BCUT2D eigenvalue weighted by Crippen LogP contribution is 2.16. The second kappa shape index (κ2) is 12.0. The molecule has 2 rings (SSSR count). The summed E-state index contributed by atoms with van der Waals surface area (Å²) in [6.45, 7) is 6.47. The summed E-state index contributed by atoms with van der Waals surface area (Å²) >= 11 is 0. The summed E-state index contributed by atoms with van der Waals surface area (Å²) in [4.78, 5) is 27.3. The molecule has 2 aromatic carbocycles. The molecule has 0 fully saturated rings. The molecule has 1 atom stereocenters. The van der Waals surface area contributed by atoms with Crippen LogP contribution in [-0.4, -0.2) is 35.9 Å². The van der Waals surface area contributed by atoms with Gasteiger partial charge in [0.25, 0.3) is 5.91 Å². The first-order valence-electron chi connectivity index (χ1n) is 10.5. The van der Waals surface area contributed by atoms with Crippen molar-refractivity contribution in [3.8, 4) is 5.75 Å². The molecule has 0 aliphatic carbocycles. The Morgan fingerprint density at radius 1 is 1.13 bits per heavy atom. The molecule has 0 unspecified atom stereocenters. The number of ether oxygens (including phenoxy) is 1. The molecule has 2 amide bonds. The van der Waals surface area contributed by atoms with Crippen LogP contribution in [0.2, 0.25) is 0 Å². The topological polar surface area (TPSA) is 58.6 Å². The van der Waals surface area contributed by atoms with E-state index >= 15 is 0 Å². The minimum atomic E-state index is -0.625. The van der Waals surface area contributed by atoms with Crippen molar-refractivity contribution in [3.05, 3.63) is 65.5 Å². The van der Waals surface area contributed by atoms with Crippen molar-refractivity contribution in [1.82, 2.24) is 10.2 Å². The molecule has 0 saturated heterocycles. The van der Waals surface area contributed by atoms with Gasteiger partial charge < -0.3 is 15.0 Å². The maximum absolute atomic E-state index is 13.3. The molecule has 0 aliphatic heterocycles. The van der Waals surface area contributed by atoms with Crippen molar-refractivity contribution in [2.24, 2.45) is 0 Å². The SMILES string of the molecule is CCCCNC(=O)[C@@H](CC)N(Cc1ccc(F)cc1)C(=O)COc1cccc(C)c1. The Morgan fingerprint density at radius 3 is 2.50 bits per heavy atom. The summed E-state index contributed by atoms with van der Waals surface area (Å²) < 4.78 is 19.0. The van der Waals surface area contributed by atoms with Crippen LogP contribution in [0.5, 0.6) is 5.75 Å². The Kier molecular flexibility index (Phi) is 9.32. The minimum absolute atomic E-state index is 0.177. The Bertz CT molecular complexity index is 823. The van der Waals surface area contributed by atoms with Crippen molar-refractivity contribution in [2.75, 3.05) is 13.2 Å². The number of benzene rings is 2. The van der Waals surface area contributed by atoms with E-state index in [4.69, 9.17) is 4.74 Å². The fourth-order valence-corrected chi connectivity index (χ4v) is 3.15. The van der Waals surface area contributed by atoms with Gasteiger partial charge in [0, 0.05) is 13.1 Å². The summed E-state index contributed by atoms with van der Waals surface area (Å²) in [5, 5.41) is 2.91. The number of nitrogens with one attached hydrogen (secondary N) is 1. The fraction of sp³-hybridized carbons (Fsp3) is 0.417. The van der Waals surface area contributed by atoms with Crippen molar-refractivity contribution in [2.45, 2.75) is 52.6 Å². The number of hydrogen-bond acceptors (Lipinski definition) is 3. The highest BCUT2D eigenvalue weighted by atomic mass is 19.1. The van der Waals surface area contributed by atoms with E-state index in [-0.39, 0.29) is 30.8 Å². The van der Waals surface area contributed by atoms with Gasteiger partial charge in [0.1, 0.15) is 17.6 Å². The molecule has 5 nitrogen and oxygen atoms in total. The van der Waals surface area contributed by atoms with Crippen molar-refractivity contribution in [3.63, 3.8) is 0 Å². The molecule has 0 aromatic heterocycles. The third kappa shape index (κ3) is 7.17. The van der Waals surface area contributed by atoms with E-state index in [0.29, 0.717) is 18.7 Å². The standard InChI is InChI=1S/C24H31FN2O3/c1-4-6-14-26-24(29)22(5-2)27(16-19-10-12-20(25)13-11-19)23(28)17-30-21-9-7-8-18(3)15-21/h7-13,15,22H,4-6,14,16-17H2,1-3H3,(H,26,29)/t22-/m1/s1. The van der Waals surface area contributed by atoms with E-state index < -0.39 is 6.04 Å². The molecular weight excluding hydrogens is 383 g/mol. The number of unbranched alkanes of at least 4 members (excludes halogenated alkanes) is 1. The average Bonchev–Trinajstić information content (AvgIpc) is 2.73. The lowest BCUT2D eigenvalue weighted by Crippen LogP contribution is -2.50. The van der Waals surface area contributed by atoms with E-state index in [1.807, 2.05) is 32.0 Å². The first kappa shape index (κ1) is 23.4. The van der Waals surface area contributed by atoms with Gasteiger partial charge in [-0.2, -0.15) is 0 Å². The summed E-state index contributed by atoms with van der Waals surface area (Å²) in [7, 11) is 0. The van der Waals surface area contributed by atoms with Crippen LogP contribution in [0, 0.1) is 12.7 Å². The number of halogens is 1. The molecule has 162 valence electrons. The Labute approximate surface area is 178 Å². The van der Waals surface area contributed by atoms with Crippen molar-refractivity contribution < 1.29 is 18.7 Å².